The molecule has 4 atom stereocenters. The Kier molecular flexibility index (Phi) is 10.1. The van der Waals surface area contributed by atoms with E-state index >= 15 is 0 Å². The second-order valence-electron chi connectivity index (χ2n) is 2.45. The molecule has 0 heterocycles. The van der Waals surface area contributed by atoms with E-state index in [1.54, 1.807) is 0 Å². The first kappa shape index (κ1) is 16.2. The van der Waals surface area contributed by atoms with Crippen molar-refractivity contribution in [1.82, 2.24) is 0 Å². The highest BCUT2D eigenvalue weighted by Gasteiger charge is 2.29. The predicted octanol–water partition coefficient (Wildman–Crippen LogP) is -2.51. The maximum Gasteiger partial charge on any atom is 0.151 e. The van der Waals surface area contributed by atoms with E-state index in [0.717, 1.165) is 0 Å². The Morgan fingerprint density at radius 2 is 1.53 bits per heavy atom. The number of carbonyl (C=O) groups is 1. The van der Waals surface area contributed by atoms with Gasteiger partial charge in [0.15, 0.2) is 6.29 Å². The maximum atomic E-state index is 9.90. The molecule has 15 heavy (non-hydrogen) atoms. The van der Waals surface area contributed by atoms with Gasteiger partial charge < -0.3 is 41.4 Å². The maximum absolute atomic E-state index is 9.90. The number of aliphatic hydroxyl groups is 5. The number of aliphatic hydroxyl groups excluding tert-OH is 5. The summed E-state index contributed by atoms with van der Waals surface area (Å²) in [5, 5.41) is 43.5. The molecule has 0 bridgehead atoms. The highest BCUT2D eigenvalue weighted by molar-refractivity contribution is 5.56. The van der Waals surface area contributed by atoms with Crippen LogP contribution in [0.15, 0.2) is 0 Å². The molecule has 0 spiro atoms. The van der Waals surface area contributed by atoms with Gasteiger partial charge in [-0.3, -0.25) is 4.91 Å². The van der Waals surface area contributed by atoms with Gasteiger partial charge in [0.2, 0.25) is 0 Å². The average molecular weight is 222 g/mol. The molecule has 0 amide bonds. The van der Waals surface area contributed by atoms with Gasteiger partial charge in [-0.15, -0.1) is 0 Å². The molecule has 0 radical (unpaired) electrons. The van der Waals surface area contributed by atoms with Gasteiger partial charge in [-0.1, -0.05) is 0 Å². The van der Waals surface area contributed by atoms with E-state index in [1.807, 2.05) is 0 Å². The van der Waals surface area contributed by atoms with Crippen LogP contribution in [0.25, 0.3) is 16.0 Å². The SMILES string of the molecule is O=C[C@H](O)[C@@H](O)[C@@H](O)[C@H](O)CO.[N-]=[N+]=[N-]. The summed E-state index contributed by atoms with van der Waals surface area (Å²) in [7, 11) is 0. The number of nitrogens with zero attached hydrogens (tertiary/aromatic N) is 3. The minimum Gasteiger partial charge on any atom is -0.394 e. The molecule has 5 N–H and O–H groups in total. The van der Waals surface area contributed by atoms with Crippen LogP contribution in [-0.4, -0.2) is 62.8 Å². The third-order valence-corrected chi connectivity index (χ3v) is 1.42. The van der Waals surface area contributed by atoms with Crippen LogP contribution in [0, 0.1) is 0 Å². The summed E-state index contributed by atoms with van der Waals surface area (Å²) in [4.78, 5) is 11.4. The van der Waals surface area contributed by atoms with Crippen molar-refractivity contribution < 1.29 is 30.3 Å². The molecule has 0 aromatic carbocycles. The Morgan fingerprint density at radius 3 is 1.80 bits per heavy atom. The lowest BCUT2D eigenvalue weighted by Gasteiger charge is -2.22. The van der Waals surface area contributed by atoms with Crippen LogP contribution in [0.4, 0.5) is 0 Å². The molecule has 0 aromatic rings. The Bertz CT molecular complexity index is 207. The first-order valence-corrected chi connectivity index (χ1v) is 3.73. The third-order valence-electron chi connectivity index (χ3n) is 1.42. The fourth-order valence-electron chi connectivity index (χ4n) is 0.618. The van der Waals surface area contributed by atoms with Crippen molar-refractivity contribution in [3.05, 3.63) is 16.0 Å². The Balaban J connectivity index is 0. The first-order chi connectivity index (χ1) is 6.95. The van der Waals surface area contributed by atoms with Gasteiger partial charge in [-0.25, -0.2) is 0 Å². The zero-order valence-corrected chi connectivity index (χ0v) is 7.58. The highest BCUT2D eigenvalue weighted by atomic mass is 16.4. The number of aldehydes is 1. The van der Waals surface area contributed by atoms with Crippen LogP contribution in [0.2, 0.25) is 0 Å². The fourth-order valence-corrected chi connectivity index (χ4v) is 0.618. The van der Waals surface area contributed by atoms with Crippen LogP contribution in [0.1, 0.15) is 0 Å². The van der Waals surface area contributed by atoms with Crippen molar-refractivity contribution in [2.45, 2.75) is 24.4 Å². The first-order valence-electron chi connectivity index (χ1n) is 3.73. The molecule has 88 valence electrons. The van der Waals surface area contributed by atoms with Gasteiger partial charge in [-0.2, -0.15) is 0 Å². The van der Waals surface area contributed by atoms with Gasteiger partial charge in [0.05, 0.1) is 6.61 Å². The fraction of sp³-hybridized carbons (Fsp3) is 0.833. The normalized spacial score (nSPS) is 17.4. The zero-order valence-electron chi connectivity index (χ0n) is 7.58. The van der Waals surface area contributed by atoms with Gasteiger partial charge in [0, 0.05) is 0 Å². The lowest BCUT2D eigenvalue weighted by Crippen LogP contribution is -2.46. The summed E-state index contributed by atoms with van der Waals surface area (Å²) < 4.78 is 0. The highest BCUT2D eigenvalue weighted by Crippen LogP contribution is 2.02. The summed E-state index contributed by atoms with van der Waals surface area (Å²) >= 11 is 0. The standard InChI is InChI=1S/C6H12O6.N3/c7-1-3(9)5(11)6(12)4(10)2-8;1-3-2/h1,3-6,8-12H,2H2;/q;-1/t3-,4+,5+,6-;/m0./s1. The number of rotatable bonds is 5. The molecule has 0 saturated heterocycles. The largest absolute Gasteiger partial charge is 0.394 e. The van der Waals surface area contributed by atoms with Gasteiger partial charge in [0.1, 0.15) is 24.4 Å². The van der Waals surface area contributed by atoms with Crippen LogP contribution in [-0.2, 0) is 4.79 Å². The number of hydrogen-bond acceptors (Lipinski definition) is 6. The van der Waals surface area contributed by atoms with Crippen molar-refractivity contribution in [3.8, 4) is 0 Å². The molecular weight excluding hydrogens is 210 g/mol. The lowest BCUT2D eigenvalue weighted by atomic mass is 10.0. The van der Waals surface area contributed by atoms with Gasteiger partial charge in [0.25, 0.3) is 0 Å². The second kappa shape index (κ2) is 9.34. The van der Waals surface area contributed by atoms with Crippen molar-refractivity contribution in [2.24, 2.45) is 0 Å². The molecular formula is C6H12N3O6-. The van der Waals surface area contributed by atoms with E-state index in [-0.39, 0.29) is 6.29 Å². The van der Waals surface area contributed by atoms with Crippen LogP contribution < -0.4 is 0 Å². The molecule has 0 aromatic heterocycles. The van der Waals surface area contributed by atoms with E-state index in [2.05, 4.69) is 0 Å². The van der Waals surface area contributed by atoms with Crippen LogP contribution in [0.3, 0.4) is 0 Å². The van der Waals surface area contributed by atoms with Crippen molar-refractivity contribution in [1.29, 1.82) is 0 Å². The summed E-state index contributed by atoms with van der Waals surface area (Å²) in [5.41, 5.74) is 13.5. The Labute approximate surface area is 84.6 Å². The summed E-state index contributed by atoms with van der Waals surface area (Å²) in [6, 6.07) is 0. The molecule has 0 fully saturated rings. The van der Waals surface area contributed by atoms with E-state index in [9.17, 15) is 4.79 Å². The minimum absolute atomic E-state index is 0.0258. The van der Waals surface area contributed by atoms with Crippen molar-refractivity contribution in [2.75, 3.05) is 6.61 Å². The molecule has 0 saturated carbocycles. The molecule has 0 unspecified atom stereocenters. The molecule has 0 aliphatic heterocycles. The summed E-state index contributed by atoms with van der Waals surface area (Å²) in [6.07, 6.45) is -6.84. The molecule has 9 nitrogen and oxygen atoms in total. The van der Waals surface area contributed by atoms with Crippen molar-refractivity contribution >= 4 is 6.29 Å². The average Bonchev–Trinajstić information content (AvgIpc) is 2.25. The zero-order chi connectivity index (χ0) is 12.4. The van der Waals surface area contributed by atoms with Crippen molar-refractivity contribution in [3.63, 3.8) is 0 Å². The minimum atomic E-state index is -1.79. The number of hydrogen-bond donors (Lipinski definition) is 5. The topological polar surface area (TPSA) is 177 Å². The van der Waals surface area contributed by atoms with Crippen LogP contribution >= 0.6 is 0 Å². The van der Waals surface area contributed by atoms with Crippen LogP contribution in [0.5, 0.6) is 0 Å². The third kappa shape index (κ3) is 6.80. The smallest absolute Gasteiger partial charge is 0.151 e. The van der Waals surface area contributed by atoms with E-state index < -0.39 is 31.0 Å². The molecule has 0 aliphatic rings. The van der Waals surface area contributed by atoms with E-state index in [4.69, 9.17) is 36.6 Å². The monoisotopic (exact) mass is 222 g/mol. The lowest BCUT2D eigenvalue weighted by molar-refractivity contribution is -0.136. The molecule has 9 heteroatoms. The predicted molar refractivity (Wildman–Crippen MR) is 47.3 cm³/mol. The second-order valence-corrected chi connectivity index (χ2v) is 2.45. The summed E-state index contributed by atoms with van der Waals surface area (Å²) in [5.74, 6) is 0. The molecule has 0 aliphatic carbocycles. The van der Waals surface area contributed by atoms with Gasteiger partial charge in [-0.05, 0) is 0 Å². The van der Waals surface area contributed by atoms with E-state index in [1.165, 1.54) is 4.91 Å². The van der Waals surface area contributed by atoms with E-state index in [0.29, 0.717) is 0 Å². The Hall–Kier alpha value is -1.22. The summed E-state index contributed by atoms with van der Waals surface area (Å²) in [6.45, 7) is -0.760. The quantitative estimate of drug-likeness (QED) is 0.148. The van der Waals surface area contributed by atoms with Gasteiger partial charge >= 0.3 is 0 Å². The molecule has 0 rings (SSSR count). The number of carbonyl (C=O) groups excluding carboxylic acids is 1. The Morgan fingerprint density at radius 1 is 1.13 bits per heavy atom.